The van der Waals surface area contributed by atoms with E-state index in [4.69, 9.17) is 10.7 Å². The lowest BCUT2D eigenvalue weighted by Crippen LogP contribution is -2.38. The van der Waals surface area contributed by atoms with Gasteiger partial charge in [0, 0.05) is 30.4 Å². The molecule has 3 aromatic carbocycles. The van der Waals surface area contributed by atoms with E-state index < -0.39 is 0 Å². The molecule has 5 heteroatoms. The number of carbonyl (C=O) groups excluding carboxylic acids is 1. The number of rotatable bonds is 11. The third kappa shape index (κ3) is 6.29. The topological polar surface area (TPSA) is 64.2 Å². The molecule has 4 rings (SSSR count). The SMILES string of the molecule is CC(C)CC(c1nc(-c2ccccc2)cn1Cc1ccccc1)N(CCCN)C(=O)c1ccccc1. The first kappa shape index (κ1) is 25.4. The molecule has 0 radical (unpaired) electrons. The van der Waals surface area contributed by atoms with E-state index in [9.17, 15) is 4.79 Å². The van der Waals surface area contributed by atoms with Gasteiger partial charge in [0.2, 0.25) is 0 Å². The van der Waals surface area contributed by atoms with E-state index >= 15 is 0 Å². The van der Waals surface area contributed by atoms with Crippen molar-refractivity contribution < 1.29 is 4.79 Å². The number of nitrogens with zero attached hydrogens (tertiary/aromatic N) is 3. The van der Waals surface area contributed by atoms with Crippen LogP contribution in [0, 0.1) is 5.92 Å². The smallest absolute Gasteiger partial charge is 0.254 e. The third-order valence-corrected chi connectivity index (χ3v) is 6.33. The van der Waals surface area contributed by atoms with Gasteiger partial charge in [-0.3, -0.25) is 4.79 Å². The van der Waals surface area contributed by atoms with Crippen LogP contribution in [-0.4, -0.2) is 33.4 Å². The number of aromatic nitrogens is 2. The van der Waals surface area contributed by atoms with E-state index in [1.807, 2.05) is 59.5 Å². The minimum atomic E-state index is -0.176. The molecule has 0 saturated heterocycles. The number of hydrogen-bond donors (Lipinski definition) is 1. The Labute approximate surface area is 214 Å². The highest BCUT2D eigenvalue weighted by molar-refractivity contribution is 5.94. The van der Waals surface area contributed by atoms with E-state index in [0.717, 1.165) is 29.9 Å². The molecular weight excluding hydrogens is 444 g/mol. The Balaban J connectivity index is 1.82. The van der Waals surface area contributed by atoms with Gasteiger partial charge in [0.15, 0.2) is 0 Å². The van der Waals surface area contributed by atoms with Crippen LogP contribution in [0.2, 0.25) is 0 Å². The lowest BCUT2D eigenvalue weighted by atomic mass is 10.00. The first-order chi connectivity index (χ1) is 17.6. The molecule has 1 aromatic heterocycles. The van der Waals surface area contributed by atoms with Crippen LogP contribution >= 0.6 is 0 Å². The summed E-state index contributed by atoms with van der Waals surface area (Å²) in [6.45, 7) is 6.20. The zero-order chi connectivity index (χ0) is 25.3. The molecular formula is C31H36N4O. The Morgan fingerprint density at radius 1 is 0.917 bits per heavy atom. The Kier molecular flexibility index (Phi) is 8.69. The summed E-state index contributed by atoms with van der Waals surface area (Å²) in [5.41, 5.74) is 9.78. The normalized spacial score (nSPS) is 12.0. The molecule has 0 bridgehead atoms. The lowest BCUT2D eigenvalue weighted by molar-refractivity contribution is 0.0638. The van der Waals surface area contributed by atoms with Crippen molar-refractivity contribution in [3.63, 3.8) is 0 Å². The second-order valence-electron chi connectivity index (χ2n) is 9.62. The average molecular weight is 481 g/mol. The fourth-order valence-corrected chi connectivity index (χ4v) is 4.58. The molecule has 0 saturated carbocycles. The molecule has 0 aliphatic carbocycles. The Morgan fingerprint density at radius 2 is 1.53 bits per heavy atom. The zero-order valence-electron chi connectivity index (χ0n) is 21.3. The second-order valence-corrected chi connectivity index (χ2v) is 9.62. The minimum absolute atomic E-state index is 0.0187. The highest BCUT2D eigenvalue weighted by atomic mass is 16.2. The molecule has 5 nitrogen and oxygen atoms in total. The fourth-order valence-electron chi connectivity index (χ4n) is 4.58. The molecule has 1 unspecified atom stereocenters. The molecule has 0 fully saturated rings. The summed E-state index contributed by atoms with van der Waals surface area (Å²) in [5, 5.41) is 0. The number of carbonyl (C=O) groups is 1. The summed E-state index contributed by atoms with van der Waals surface area (Å²) in [6.07, 6.45) is 3.67. The summed E-state index contributed by atoms with van der Waals surface area (Å²) in [6, 6.07) is 30.0. The van der Waals surface area contributed by atoms with Gasteiger partial charge in [-0.2, -0.15) is 0 Å². The van der Waals surface area contributed by atoms with E-state index in [-0.39, 0.29) is 11.9 Å². The maximum Gasteiger partial charge on any atom is 0.254 e. The lowest BCUT2D eigenvalue weighted by Gasteiger charge is -2.33. The minimum Gasteiger partial charge on any atom is -0.330 e. The van der Waals surface area contributed by atoms with Crippen molar-refractivity contribution in [2.24, 2.45) is 11.7 Å². The van der Waals surface area contributed by atoms with Crippen molar-refractivity contribution in [1.29, 1.82) is 0 Å². The van der Waals surface area contributed by atoms with Gasteiger partial charge in [-0.25, -0.2) is 4.98 Å². The fraction of sp³-hybridized carbons (Fsp3) is 0.290. The average Bonchev–Trinajstić information content (AvgIpc) is 3.33. The van der Waals surface area contributed by atoms with Crippen molar-refractivity contribution >= 4 is 5.91 Å². The zero-order valence-corrected chi connectivity index (χ0v) is 21.3. The van der Waals surface area contributed by atoms with Crippen molar-refractivity contribution in [2.45, 2.75) is 39.3 Å². The van der Waals surface area contributed by atoms with Crippen molar-refractivity contribution in [2.75, 3.05) is 13.1 Å². The molecule has 186 valence electrons. The molecule has 2 N–H and O–H groups in total. The van der Waals surface area contributed by atoms with Crippen LogP contribution < -0.4 is 5.73 Å². The first-order valence-corrected chi connectivity index (χ1v) is 12.8. The maximum absolute atomic E-state index is 13.8. The maximum atomic E-state index is 13.8. The quantitative estimate of drug-likeness (QED) is 0.279. The van der Waals surface area contributed by atoms with Crippen LogP contribution in [-0.2, 0) is 6.54 Å². The molecule has 1 atom stereocenters. The molecule has 1 amide bonds. The van der Waals surface area contributed by atoms with Crippen LogP contribution in [0.15, 0.2) is 97.2 Å². The van der Waals surface area contributed by atoms with Gasteiger partial charge in [-0.05, 0) is 43.0 Å². The van der Waals surface area contributed by atoms with E-state index in [2.05, 4.69) is 61.0 Å². The van der Waals surface area contributed by atoms with Crippen LogP contribution in [0.5, 0.6) is 0 Å². The van der Waals surface area contributed by atoms with Crippen LogP contribution in [0.25, 0.3) is 11.3 Å². The van der Waals surface area contributed by atoms with Crippen molar-refractivity contribution in [3.05, 3.63) is 114 Å². The van der Waals surface area contributed by atoms with Gasteiger partial charge in [-0.15, -0.1) is 0 Å². The molecule has 1 heterocycles. The van der Waals surface area contributed by atoms with E-state index in [1.54, 1.807) is 0 Å². The number of amides is 1. The molecule has 4 aromatic rings. The Morgan fingerprint density at radius 3 is 2.14 bits per heavy atom. The monoisotopic (exact) mass is 480 g/mol. The van der Waals surface area contributed by atoms with Crippen LogP contribution in [0.4, 0.5) is 0 Å². The highest BCUT2D eigenvalue weighted by Crippen LogP contribution is 2.32. The first-order valence-electron chi connectivity index (χ1n) is 12.8. The number of imidazole rings is 1. The molecule has 0 aliphatic heterocycles. The van der Waals surface area contributed by atoms with Crippen LogP contribution in [0.1, 0.15) is 54.5 Å². The van der Waals surface area contributed by atoms with Crippen molar-refractivity contribution in [1.82, 2.24) is 14.5 Å². The van der Waals surface area contributed by atoms with Gasteiger partial charge in [0.25, 0.3) is 5.91 Å². The summed E-state index contributed by atoms with van der Waals surface area (Å²) in [7, 11) is 0. The van der Waals surface area contributed by atoms with Gasteiger partial charge < -0.3 is 15.2 Å². The predicted molar refractivity (Wildman–Crippen MR) is 147 cm³/mol. The second kappa shape index (κ2) is 12.3. The van der Waals surface area contributed by atoms with Gasteiger partial charge >= 0.3 is 0 Å². The predicted octanol–water partition coefficient (Wildman–Crippen LogP) is 6.18. The van der Waals surface area contributed by atoms with Crippen molar-refractivity contribution in [3.8, 4) is 11.3 Å². The number of benzene rings is 3. The van der Waals surface area contributed by atoms with E-state index in [1.165, 1.54) is 5.56 Å². The highest BCUT2D eigenvalue weighted by Gasteiger charge is 2.30. The van der Waals surface area contributed by atoms with Gasteiger partial charge in [-0.1, -0.05) is 92.7 Å². The van der Waals surface area contributed by atoms with Crippen LogP contribution in [0.3, 0.4) is 0 Å². The largest absolute Gasteiger partial charge is 0.330 e. The Hall–Kier alpha value is -3.70. The summed E-state index contributed by atoms with van der Waals surface area (Å²) >= 11 is 0. The summed E-state index contributed by atoms with van der Waals surface area (Å²) in [5.74, 6) is 1.30. The van der Waals surface area contributed by atoms with Gasteiger partial charge in [0.1, 0.15) is 5.82 Å². The molecule has 0 spiro atoms. The standard InChI is InChI=1S/C31H36N4O/c1-24(2)21-29(35(20-12-19-32)31(36)27-17-10-5-11-18-27)30-33-28(26-15-8-4-9-16-26)23-34(30)22-25-13-6-3-7-14-25/h3-11,13-18,23-24,29H,12,19-22,32H2,1-2H3. The third-order valence-electron chi connectivity index (χ3n) is 6.33. The molecule has 36 heavy (non-hydrogen) atoms. The Bertz CT molecular complexity index is 1220. The summed E-state index contributed by atoms with van der Waals surface area (Å²) < 4.78 is 2.22. The van der Waals surface area contributed by atoms with Gasteiger partial charge in [0.05, 0.1) is 11.7 Å². The van der Waals surface area contributed by atoms with E-state index in [0.29, 0.717) is 31.1 Å². The molecule has 0 aliphatic rings. The number of nitrogens with two attached hydrogens (primary N) is 1. The summed E-state index contributed by atoms with van der Waals surface area (Å²) in [4.78, 5) is 21.0. The number of hydrogen-bond acceptors (Lipinski definition) is 3.